The molecule has 1 N–H and O–H groups in total. The van der Waals surface area contributed by atoms with Crippen LogP contribution in [0, 0.1) is 12.7 Å². The zero-order valence-corrected chi connectivity index (χ0v) is 17.9. The van der Waals surface area contributed by atoms with Gasteiger partial charge < -0.3 is 14.8 Å². The number of fused-ring (bicyclic) bond motifs is 1. The largest absolute Gasteiger partial charge is 0.497 e. The molecule has 1 aliphatic heterocycles. The summed E-state index contributed by atoms with van der Waals surface area (Å²) in [6, 6.07) is 12.9. The lowest BCUT2D eigenvalue weighted by atomic mass is 10.0. The van der Waals surface area contributed by atoms with Crippen molar-refractivity contribution in [2.75, 3.05) is 40.0 Å². The van der Waals surface area contributed by atoms with Gasteiger partial charge in [0.1, 0.15) is 11.6 Å². The molecule has 5 nitrogen and oxygen atoms in total. The predicted molar refractivity (Wildman–Crippen MR) is 117 cm³/mol. The SMILES string of the molecule is COc1ccc(C(CNC(=O)c2sc3cccc(F)c3c2C)N2CCOCC2)cc1. The van der Waals surface area contributed by atoms with E-state index in [1.807, 2.05) is 30.3 Å². The van der Waals surface area contributed by atoms with Crippen LogP contribution in [0.4, 0.5) is 4.39 Å². The third-order valence-corrected chi connectivity index (χ3v) is 6.81. The second kappa shape index (κ2) is 9.12. The van der Waals surface area contributed by atoms with Crippen LogP contribution in [0.2, 0.25) is 0 Å². The smallest absolute Gasteiger partial charge is 0.261 e. The summed E-state index contributed by atoms with van der Waals surface area (Å²) in [5.74, 6) is 0.344. The summed E-state index contributed by atoms with van der Waals surface area (Å²) < 4.78 is 25.8. The van der Waals surface area contributed by atoms with Crippen molar-refractivity contribution in [3.05, 3.63) is 64.3 Å². The summed E-state index contributed by atoms with van der Waals surface area (Å²) in [7, 11) is 1.64. The fourth-order valence-corrected chi connectivity index (χ4v) is 5.05. The molecule has 1 atom stereocenters. The zero-order valence-electron chi connectivity index (χ0n) is 17.1. The molecule has 0 radical (unpaired) electrons. The molecule has 30 heavy (non-hydrogen) atoms. The number of amides is 1. The Morgan fingerprint density at radius 3 is 2.63 bits per heavy atom. The van der Waals surface area contributed by atoms with Crippen molar-refractivity contribution in [3.8, 4) is 5.75 Å². The molecule has 2 heterocycles. The lowest BCUT2D eigenvalue weighted by Gasteiger charge is -2.35. The molecule has 0 spiro atoms. The molecule has 158 valence electrons. The molecule has 0 saturated carbocycles. The number of morpholine rings is 1. The monoisotopic (exact) mass is 428 g/mol. The van der Waals surface area contributed by atoms with Crippen molar-refractivity contribution in [3.63, 3.8) is 0 Å². The van der Waals surface area contributed by atoms with Crippen molar-refractivity contribution >= 4 is 27.3 Å². The number of halogens is 1. The number of benzene rings is 2. The van der Waals surface area contributed by atoms with Gasteiger partial charge in [0, 0.05) is 29.7 Å². The van der Waals surface area contributed by atoms with Crippen LogP contribution in [0.15, 0.2) is 42.5 Å². The number of nitrogens with one attached hydrogen (secondary N) is 1. The number of rotatable bonds is 6. The minimum Gasteiger partial charge on any atom is -0.497 e. The highest BCUT2D eigenvalue weighted by atomic mass is 32.1. The van der Waals surface area contributed by atoms with Crippen molar-refractivity contribution in [2.45, 2.75) is 13.0 Å². The van der Waals surface area contributed by atoms with Gasteiger partial charge in [0.25, 0.3) is 5.91 Å². The van der Waals surface area contributed by atoms with Crippen molar-refractivity contribution in [2.24, 2.45) is 0 Å². The number of nitrogens with zero attached hydrogens (tertiary/aromatic N) is 1. The van der Waals surface area contributed by atoms with E-state index in [2.05, 4.69) is 10.2 Å². The fourth-order valence-electron chi connectivity index (χ4n) is 3.91. The highest BCUT2D eigenvalue weighted by Crippen LogP contribution is 2.32. The summed E-state index contributed by atoms with van der Waals surface area (Å²) >= 11 is 1.33. The molecule has 1 unspecified atom stereocenters. The van der Waals surface area contributed by atoms with E-state index in [-0.39, 0.29) is 17.8 Å². The van der Waals surface area contributed by atoms with Gasteiger partial charge in [-0.15, -0.1) is 11.3 Å². The normalized spacial score (nSPS) is 15.8. The van der Waals surface area contributed by atoms with Gasteiger partial charge in [-0.25, -0.2) is 4.39 Å². The second-order valence-electron chi connectivity index (χ2n) is 7.32. The molecule has 3 aromatic rings. The van der Waals surface area contributed by atoms with Gasteiger partial charge in [0.2, 0.25) is 0 Å². The van der Waals surface area contributed by atoms with Crippen LogP contribution in [0.25, 0.3) is 10.1 Å². The lowest BCUT2D eigenvalue weighted by Crippen LogP contribution is -2.43. The van der Waals surface area contributed by atoms with Crippen LogP contribution < -0.4 is 10.1 Å². The maximum Gasteiger partial charge on any atom is 0.261 e. The number of ether oxygens (including phenoxy) is 2. The predicted octanol–water partition coefficient (Wildman–Crippen LogP) is 4.16. The Bertz CT molecular complexity index is 1030. The van der Waals surface area contributed by atoms with E-state index in [0.29, 0.717) is 35.6 Å². The molecule has 1 amide bonds. The van der Waals surface area contributed by atoms with Gasteiger partial charge in [-0.05, 0) is 42.3 Å². The van der Waals surface area contributed by atoms with Crippen molar-refractivity contribution in [1.29, 1.82) is 0 Å². The van der Waals surface area contributed by atoms with E-state index in [0.717, 1.165) is 29.1 Å². The average Bonchev–Trinajstić information content (AvgIpc) is 3.13. The van der Waals surface area contributed by atoms with Gasteiger partial charge in [-0.3, -0.25) is 9.69 Å². The van der Waals surface area contributed by atoms with Crippen LogP contribution in [-0.4, -0.2) is 50.8 Å². The molecule has 1 aliphatic rings. The van der Waals surface area contributed by atoms with Crippen molar-refractivity contribution in [1.82, 2.24) is 10.2 Å². The van der Waals surface area contributed by atoms with Crippen LogP contribution in [-0.2, 0) is 4.74 Å². The lowest BCUT2D eigenvalue weighted by molar-refractivity contribution is 0.0162. The molecule has 1 fully saturated rings. The molecule has 0 aliphatic carbocycles. The number of aryl methyl sites for hydroxylation is 1. The Morgan fingerprint density at radius 1 is 1.23 bits per heavy atom. The molecule has 7 heteroatoms. The summed E-state index contributed by atoms with van der Waals surface area (Å²) in [4.78, 5) is 15.9. The van der Waals surface area contributed by atoms with Gasteiger partial charge in [0.05, 0.1) is 31.2 Å². The highest BCUT2D eigenvalue weighted by molar-refractivity contribution is 7.21. The third-order valence-electron chi connectivity index (χ3n) is 5.55. The van der Waals surface area contributed by atoms with E-state index >= 15 is 0 Å². The molecular weight excluding hydrogens is 403 g/mol. The number of methoxy groups -OCH3 is 1. The van der Waals surface area contributed by atoms with Gasteiger partial charge in [-0.1, -0.05) is 18.2 Å². The first-order valence-electron chi connectivity index (χ1n) is 10.00. The minimum absolute atomic E-state index is 0.0233. The zero-order chi connectivity index (χ0) is 21.1. The standard InChI is InChI=1S/C23H25FN2O3S/c1-15-21-18(24)4-3-5-20(21)30-22(15)23(27)25-14-19(26-10-12-29-13-11-26)16-6-8-17(28-2)9-7-16/h3-9,19H,10-14H2,1-2H3,(H,25,27). The summed E-state index contributed by atoms with van der Waals surface area (Å²) in [6.45, 7) is 5.23. The Hall–Kier alpha value is -2.48. The number of hydrogen-bond donors (Lipinski definition) is 1. The minimum atomic E-state index is -0.287. The fraction of sp³-hybridized carbons (Fsp3) is 0.348. The first-order chi connectivity index (χ1) is 14.6. The number of thiophene rings is 1. The molecule has 4 rings (SSSR count). The topological polar surface area (TPSA) is 50.8 Å². The number of carbonyl (C=O) groups is 1. The third kappa shape index (κ3) is 4.19. The first-order valence-corrected chi connectivity index (χ1v) is 10.8. The van der Waals surface area contributed by atoms with Crippen LogP contribution >= 0.6 is 11.3 Å². The summed E-state index contributed by atoms with van der Waals surface area (Å²) in [5, 5.41) is 3.61. The molecule has 0 bridgehead atoms. The maximum atomic E-state index is 14.2. The van der Waals surface area contributed by atoms with E-state index in [1.54, 1.807) is 20.1 Å². The Morgan fingerprint density at radius 2 is 1.97 bits per heavy atom. The van der Waals surface area contributed by atoms with E-state index < -0.39 is 0 Å². The number of hydrogen-bond acceptors (Lipinski definition) is 5. The van der Waals surface area contributed by atoms with Gasteiger partial charge in [-0.2, -0.15) is 0 Å². The Labute approximate surface area is 179 Å². The highest BCUT2D eigenvalue weighted by Gasteiger charge is 2.25. The molecule has 1 saturated heterocycles. The molecular formula is C23H25FN2O3S. The van der Waals surface area contributed by atoms with Gasteiger partial charge >= 0.3 is 0 Å². The molecule has 2 aromatic carbocycles. The van der Waals surface area contributed by atoms with Gasteiger partial charge in [0.15, 0.2) is 0 Å². The Kier molecular flexibility index (Phi) is 6.32. The average molecular weight is 429 g/mol. The number of carbonyl (C=O) groups excluding carboxylic acids is 1. The van der Waals surface area contributed by atoms with Crippen LogP contribution in [0.5, 0.6) is 5.75 Å². The van der Waals surface area contributed by atoms with Crippen molar-refractivity contribution < 1.29 is 18.7 Å². The van der Waals surface area contributed by atoms with E-state index in [4.69, 9.17) is 9.47 Å². The summed E-state index contributed by atoms with van der Waals surface area (Å²) in [5.41, 5.74) is 1.80. The van der Waals surface area contributed by atoms with Crippen LogP contribution in [0.3, 0.4) is 0 Å². The Balaban J connectivity index is 1.55. The first kappa shape index (κ1) is 20.8. The second-order valence-corrected chi connectivity index (χ2v) is 8.37. The van der Waals surface area contributed by atoms with E-state index in [9.17, 15) is 9.18 Å². The van der Waals surface area contributed by atoms with E-state index in [1.165, 1.54) is 17.4 Å². The molecule has 1 aromatic heterocycles. The maximum absolute atomic E-state index is 14.2. The van der Waals surface area contributed by atoms with Crippen LogP contribution in [0.1, 0.15) is 26.8 Å². The summed E-state index contributed by atoms with van der Waals surface area (Å²) in [6.07, 6.45) is 0. The quantitative estimate of drug-likeness (QED) is 0.641.